The molecule has 1 aliphatic carbocycles. The van der Waals surface area contributed by atoms with Gasteiger partial charge in [0.15, 0.2) is 0 Å². The number of carboxylic acid groups (broad SMARTS) is 1. The van der Waals surface area contributed by atoms with Crippen LogP contribution in [0.5, 0.6) is 0 Å². The molecule has 0 spiro atoms. The van der Waals surface area contributed by atoms with Gasteiger partial charge in [-0.15, -0.1) is 0 Å². The number of aliphatic hydroxyl groups excluding tert-OH is 1. The third-order valence-corrected chi connectivity index (χ3v) is 4.73. The highest BCUT2D eigenvalue weighted by atomic mass is 35.5. The average molecular weight is 381 g/mol. The van der Waals surface area contributed by atoms with Gasteiger partial charge in [-0.3, -0.25) is 9.88 Å². The molecule has 132 valence electrons. The summed E-state index contributed by atoms with van der Waals surface area (Å²) in [6.45, 7) is 0.363. The van der Waals surface area contributed by atoms with E-state index in [-0.39, 0.29) is 0 Å². The van der Waals surface area contributed by atoms with Crippen LogP contribution in [0.3, 0.4) is 0 Å². The number of halogens is 2. The number of nitrogens with zero attached hydrogens (tertiary/aromatic N) is 2. The smallest absolute Gasteiger partial charge is 0.407 e. The summed E-state index contributed by atoms with van der Waals surface area (Å²) in [5.74, 6) is 0.331. The van der Waals surface area contributed by atoms with Gasteiger partial charge in [-0.25, -0.2) is 4.79 Å². The van der Waals surface area contributed by atoms with E-state index in [9.17, 15) is 15.0 Å². The van der Waals surface area contributed by atoms with E-state index in [0.29, 0.717) is 33.8 Å². The Morgan fingerprint density at radius 3 is 2.56 bits per heavy atom. The lowest BCUT2D eigenvalue weighted by molar-refractivity contribution is 0.0423. The topological polar surface area (TPSA) is 73.7 Å². The quantitative estimate of drug-likeness (QED) is 0.770. The van der Waals surface area contributed by atoms with Gasteiger partial charge in [0.1, 0.15) is 12.1 Å². The van der Waals surface area contributed by atoms with Gasteiger partial charge in [-0.1, -0.05) is 35.3 Å². The normalized spacial score (nSPS) is 16.3. The van der Waals surface area contributed by atoms with Gasteiger partial charge in [0, 0.05) is 17.8 Å². The zero-order chi connectivity index (χ0) is 18.0. The summed E-state index contributed by atoms with van der Waals surface area (Å²) in [5.41, 5.74) is 0.983. The van der Waals surface area contributed by atoms with Crippen molar-refractivity contribution in [3.05, 3.63) is 63.9 Å². The minimum absolute atomic E-state index is 0.331. The maximum atomic E-state index is 11.9. The van der Waals surface area contributed by atoms with Gasteiger partial charge < -0.3 is 10.2 Å². The minimum atomic E-state index is -1.10. The lowest BCUT2D eigenvalue weighted by Gasteiger charge is -2.33. The number of aliphatic hydroxyl groups is 1. The Labute approximate surface area is 155 Å². The third-order valence-electron chi connectivity index (χ3n) is 4.28. The summed E-state index contributed by atoms with van der Waals surface area (Å²) < 4.78 is 0. The van der Waals surface area contributed by atoms with Crippen molar-refractivity contribution in [2.45, 2.75) is 25.0 Å². The van der Waals surface area contributed by atoms with Crippen molar-refractivity contribution < 1.29 is 15.0 Å². The van der Waals surface area contributed by atoms with Gasteiger partial charge in [0.25, 0.3) is 0 Å². The molecule has 0 bridgehead atoms. The molecule has 2 N–H and O–H groups in total. The highest BCUT2D eigenvalue weighted by Gasteiger charge is 2.37. The summed E-state index contributed by atoms with van der Waals surface area (Å²) in [7, 11) is 0. The molecule has 2 atom stereocenters. The molecule has 7 heteroatoms. The van der Waals surface area contributed by atoms with Crippen LogP contribution in [0.15, 0.2) is 42.6 Å². The number of rotatable bonds is 6. The molecule has 0 saturated heterocycles. The number of hydrogen-bond donors (Lipinski definition) is 2. The van der Waals surface area contributed by atoms with Crippen molar-refractivity contribution in [2.75, 3.05) is 6.54 Å². The van der Waals surface area contributed by atoms with E-state index in [1.54, 1.807) is 36.4 Å². The van der Waals surface area contributed by atoms with Crippen molar-refractivity contribution in [3.63, 3.8) is 0 Å². The van der Waals surface area contributed by atoms with E-state index in [2.05, 4.69) is 4.98 Å². The van der Waals surface area contributed by atoms with Crippen LogP contribution in [-0.4, -0.2) is 32.7 Å². The van der Waals surface area contributed by atoms with Crippen LogP contribution in [0.25, 0.3) is 0 Å². The highest BCUT2D eigenvalue weighted by molar-refractivity contribution is 6.30. The molecular formula is C18H18Cl2N2O3. The fraction of sp³-hybridized carbons (Fsp3) is 0.333. The zero-order valence-electron chi connectivity index (χ0n) is 13.3. The van der Waals surface area contributed by atoms with E-state index < -0.39 is 18.2 Å². The monoisotopic (exact) mass is 380 g/mol. The molecule has 0 aliphatic heterocycles. The van der Waals surface area contributed by atoms with Gasteiger partial charge in [-0.05, 0) is 48.6 Å². The zero-order valence-corrected chi connectivity index (χ0v) is 14.9. The second-order valence-corrected chi connectivity index (χ2v) is 7.10. The lowest BCUT2D eigenvalue weighted by Crippen LogP contribution is -2.39. The molecule has 1 fully saturated rings. The largest absolute Gasteiger partial charge is 0.465 e. The summed E-state index contributed by atoms with van der Waals surface area (Å²) in [6.07, 6.45) is 1.26. The molecule has 2 aromatic rings. The molecule has 0 radical (unpaired) electrons. The SMILES string of the molecule is O=C(O)N(CC1CC1)C(c1ccc(Cl)cn1)[C@@H](O)c1cccc(Cl)c1. The van der Waals surface area contributed by atoms with Crippen LogP contribution < -0.4 is 0 Å². The van der Waals surface area contributed by atoms with Crippen molar-refractivity contribution in [1.82, 2.24) is 9.88 Å². The van der Waals surface area contributed by atoms with Gasteiger partial charge in [0.05, 0.1) is 10.7 Å². The molecule has 1 saturated carbocycles. The fourth-order valence-electron chi connectivity index (χ4n) is 2.82. The lowest BCUT2D eigenvalue weighted by atomic mass is 9.97. The van der Waals surface area contributed by atoms with Crippen LogP contribution in [0, 0.1) is 5.92 Å². The fourth-order valence-corrected chi connectivity index (χ4v) is 3.13. The van der Waals surface area contributed by atoms with Gasteiger partial charge >= 0.3 is 6.09 Å². The predicted molar refractivity (Wildman–Crippen MR) is 95.9 cm³/mol. The van der Waals surface area contributed by atoms with Gasteiger partial charge in [-0.2, -0.15) is 0 Å². The molecule has 1 aliphatic rings. The summed E-state index contributed by atoms with van der Waals surface area (Å²) in [4.78, 5) is 17.4. The first-order valence-corrected chi connectivity index (χ1v) is 8.76. The van der Waals surface area contributed by atoms with Crippen molar-refractivity contribution >= 4 is 29.3 Å². The van der Waals surface area contributed by atoms with Crippen LogP contribution in [0.2, 0.25) is 10.0 Å². The molecule has 1 aromatic heterocycles. The molecular weight excluding hydrogens is 363 g/mol. The molecule has 1 aromatic carbocycles. The molecule has 1 unspecified atom stereocenters. The highest BCUT2D eigenvalue weighted by Crippen LogP contribution is 2.38. The van der Waals surface area contributed by atoms with Crippen LogP contribution in [-0.2, 0) is 0 Å². The Hall–Kier alpha value is -1.82. The van der Waals surface area contributed by atoms with Gasteiger partial charge in [0.2, 0.25) is 0 Å². The number of benzene rings is 1. The number of pyridine rings is 1. The number of aromatic nitrogens is 1. The molecule has 5 nitrogen and oxygen atoms in total. The Balaban J connectivity index is 2.00. The molecule has 3 rings (SSSR count). The Morgan fingerprint density at radius 2 is 2.00 bits per heavy atom. The summed E-state index contributed by atoms with van der Waals surface area (Å²) in [5, 5.41) is 21.6. The minimum Gasteiger partial charge on any atom is -0.465 e. The Kier molecular flexibility index (Phi) is 5.47. The van der Waals surface area contributed by atoms with Crippen molar-refractivity contribution in [2.24, 2.45) is 5.92 Å². The van der Waals surface area contributed by atoms with E-state index in [1.165, 1.54) is 11.1 Å². The second kappa shape index (κ2) is 7.60. The average Bonchev–Trinajstić information content (AvgIpc) is 3.39. The van der Waals surface area contributed by atoms with E-state index in [1.807, 2.05) is 0 Å². The Bertz CT molecular complexity index is 750. The van der Waals surface area contributed by atoms with Crippen LogP contribution >= 0.6 is 23.2 Å². The van der Waals surface area contributed by atoms with E-state index in [0.717, 1.165) is 12.8 Å². The predicted octanol–water partition coefficient (Wildman–Crippen LogP) is 4.55. The van der Waals surface area contributed by atoms with E-state index >= 15 is 0 Å². The first kappa shape index (κ1) is 18.0. The molecule has 1 amide bonds. The van der Waals surface area contributed by atoms with Crippen molar-refractivity contribution in [3.8, 4) is 0 Å². The maximum Gasteiger partial charge on any atom is 0.407 e. The molecule has 25 heavy (non-hydrogen) atoms. The molecule has 1 heterocycles. The maximum absolute atomic E-state index is 11.9. The summed E-state index contributed by atoms with van der Waals surface area (Å²) >= 11 is 11.9. The first-order chi connectivity index (χ1) is 12.0. The number of amides is 1. The van der Waals surface area contributed by atoms with Crippen LogP contribution in [0.1, 0.15) is 36.2 Å². The van der Waals surface area contributed by atoms with Crippen LogP contribution in [0.4, 0.5) is 4.79 Å². The summed E-state index contributed by atoms with van der Waals surface area (Å²) in [6, 6.07) is 9.21. The van der Waals surface area contributed by atoms with Crippen molar-refractivity contribution in [1.29, 1.82) is 0 Å². The van der Waals surface area contributed by atoms with E-state index in [4.69, 9.17) is 23.2 Å². The standard InChI is InChI=1S/C18H18Cl2N2O3/c19-13-3-1-2-12(8-13)17(23)16(15-7-6-14(20)9-21-15)22(18(24)25)10-11-4-5-11/h1-3,6-9,11,16-17,23H,4-5,10H2,(H,24,25)/t16?,17-/m0/s1. The third kappa shape index (κ3) is 4.42. The number of hydrogen-bond acceptors (Lipinski definition) is 3. The first-order valence-electron chi connectivity index (χ1n) is 8.00. The second-order valence-electron chi connectivity index (χ2n) is 6.22. The number of carbonyl (C=O) groups is 1. The Morgan fingerprint density at radius 1 is 1.24 bits per heavy atom.